The monoisotopic (exact) mass is 337 g/mol. The molecule has 3 atom stereocenters. The van der Waals surface area contributed by atoms with Crippen molar-refractivity contribution in [3.05, 3.63) is 0 Å². The Morgan fingerprint density at radius 1 is 1.25 bits per heavy atom. The zero-order valence-corrected chi connectivity index (χ0v) is 15.5. The Hall–Kier alpha value is -0.810. The van der Waals surface area contributed by atoms with Gasteiger partial charge in [0.1, 0.15) is 0 Å². The number of hydrogen-bond acceptors (Lipinski definition) is 3. The maximum Gasteiger partial charge on any atom is 0.191 e. The minimum atomic E-state index is 0.381. The fourth-order valence-corrected chi connectivity index (χ4v) is 5.02. The molecule has 2 saturated carbocycles. The van der Waals surface area contributed by atoms with Gasteiger partial charge in [0.2, 0.25) is 0 Å². The van der Waals surface area contributed by atoms with E-state index in [2.05, 4.69) is 17.6 Å². The van der Waals surface area contributed by atoms with Crippen LogP contribution in [-0.2, 0) is 9.47 Å². The van der Waals surface area contributed by atoms with Gasteiger partial charge in [-0.2, -0.15) is 0 Å². The summed E-state index contributed by atoms with van der Waals surface area (Å²) < 4.78 is 11.5. The van der Waals surface area contributed by atoms with Crippen LogP contribution in [0.25, 0.3) is 0 Å². The fourth-order valence-electron chi connectivity index (χ4n) is 5.02. The van der Waals surface area contributed by atoms with Crippen LogP contribution in [0.3, 0.4) is 0 Å². The van der Waals surface area contributed by atoms with E-state index in [9.17, 15) is 0 Å². The Bertz CT molecular complexity index is 421. The molecule has 3 fully saturated rings. The van der Waals surface area contributed by atoms with E-state index in [1.54, 1.807) is 0 Å². The molecule has 3 rings (SSSR count). The zero-order valence-electron chi connectivity index (χ0n) is 15.5. The van der Waals surface area contributed by atoms with Gasteiger partial charge >= 0.3 is 0 Å². The molecule has 138 valence electrons. The SMILES string of the molecule is CCNC(=NCCCCOCC)NC1C2CCOC2C12CCCC2. The van der Waals surface area contributed by atoms with Crippen molar-refractivity contribution in [2.24, 2.45) is 16.3 Å². The molecule has 3 unspecified atom stereocenters. The van der Waals surface area contributed by atoms with Gasteiger partial charge in [-0.25, -0.2) is 0 Å². The molecule has 0 bridgehead atoms. The Kier molecular flexibility index (Phi) is 6.39. The van der Waals surface area contributed by atoms with Crippen LogP contribution >= 0.6 is 0 Å². The fraction of sp³-hybridized carbons (Fsp3) is 0.947. The maximum absolute atomic E-state index is 6.08. The Balaban J connectivity index is 1.54. The molecule has 2 aliphatic carbocycles. The molecule has 2 N–H and O–H groups in total. The maximum atomic E-state index is 6.08. The molecule has 0 aromatic rings. The largest absolute Gasteiger partial charge is 0.382 e. The molecule has 24 heavy (non-hydrogen) atoms. The first-order valence-corrected chi connectivity index (χ1v) is 10.1. The first kappa shape index (κ1) is 18.0. The second kappa shape index (κ2) is 8.52. The lowest BCUT2D eigenvalue weighted by molar-refractivity contribution is -0.125. The lowest BCUT2D eigenvalue weighted by Gasteiger charge is -2.57. The van der Waals surface area contributed by atoms with Crippen molar-refractivity contribution in [2.75, 3.05) is 32.9 Å². The topological polar surface area (TPSA) is 54.9 Å². The normalized spacial score (nSPS) is 31.1. The van der Waals surface area contributed by atoms with Crippen molar-refractivity contribution in [3.8, 4) is 0 Å². The minimum Gasteiger partial charge on any atom is -0.382 e. The number of unbranched alkanes of at least 4 members (excludes halogenated alkanes) is 1. The van der Waals surface area contributed by atoms with Gasteiger partial charge in [0.25, 0.3) is 0 Å². The number of nitrogens with one attached hydrogen (secondary N) is 2. The van der Waals surface area contributed by atoms with Crippen molar-refractivity contribution in [3.63, 3.8) is 0 Å². The number of aliphatic imine (C=N–C) groups is 1. The zero-order chi connectivity index (χ0) is 16.8. The Morgan fingerprint density at radius 3 is 2.83 bits per heavy atom. The van der Waals surface area contributed by atoms with Gasteiger partial charge in [-0.3, -0.25) is 4.99 Å². The predicted molar refractivity (Wildman–Crippen MR) is 97.4 cm³/mol. The number of guanidine groups is 1. The second-order valence-electron chi connectivity index (χ2n) is 7.47. The van der Waals surface area contributed by atoms with E-state index in [0.29, 0.717) is 23.5 Å². The standard InChI is InChI=1S/C19H35N3O2/c1-3-20-18(21-12-7-8-13-23-4-2)22-16-15-9-14-24-17(15)19(16)10-5-6-11-19/h15-17H,3-14H2,1-2H3,(H2,20,21,22). The molecule has 3 aliphatic rings. The molecule has 1 spiro atoms. The summed E-state index contributed by atoms with van der Waals surface area (Å²) >= 11 is 0. The highest BCUT2D eigenvalue weighted by Crippen LogP contribution is 2.60. The van der Waals surface area contributed by atoms with Crippen molar-refractivity contribution >= 4 is 5.96 Å². The number of nitrogens with zero attached hydrogens (tertiary/aromatic N) is 1. The van der Waals surface area contributed by atoms with Crippen molar-refractivity contribution in [2.45, 2.75) is 70.9 Å². The molecule has 5 nitrogen and oxygen atoms in total. The highest BCUT2D eigenvalue weighted by molar-refractivity contribution is 5.80. The van der Waals surface area contributed by atoms with Gasteiger partial charge in [0.05, 0.1) is 6.10 Å². The molecule has 0 radical (unpaired) electrons. The first-order valence-electron chi connectivity index (χ1n) is 10.1. The van der Waals surface area contributed by atoms with E-state index < -0.39 is 0 Å². The predicted octanol–water partition coefficient (Wildman–Crippen LogP) is 2.71. The van der Waals surface area contributed by atoms with Gasteiger partial charge in [0.15, 0.2) is 5.96 Å². The smallest absolute Gasteiger partial charge is 0.191 e. The lowest BCUT2D eigenvalue weighted by atomic mass is 9.54. The van der Waals surface area contributed by atoms with Crippen LogP contribution in [0.1, 0.15) is 58.8 Å². The Morgan fingerprint density at radius 2 is 2.08 bits per heavy atom. The molecule has 0 amide bonds. The summed E-state index contributed by atoms with van der Waals surface area (Å²) in [6.45, 7) is 8.57. The molecular formula is C19H35N3O2. The molecule has 0 aromatic heterocycles. The number of hydrogen-bond donors (Lipinski definition) is 2. The average molecular weight is 338 g/mol. The molecule has 1 saturated heterocycles. The van der Waals surface area contributed by atoms with Crippen LogP contribution in [0.5, 0.6) is 0 Å². The van der Waals surface area contributed by atoms with Gasteiger partial charge in [0, 0.05) is 50.3 Å². The quantitative estimate of drug-likeness (QED) is 0.406. The van der Waals surface area contributed by atoms with E-state index in [0.717, 1.165) is 51.7 Å². The summed E-state index contributed by atoms with van der Waals surface area (Å²) in [6, 6.07) is 0.550. The molecule has 5 heteroatoms. The second-order valence-corrected chi connectivity index (χ2v) is 7.47. The lowest BCUT2D eigenvalue weighted by Crippen LogP contribution is -2.69. The van der Waals surface area contributed by atoms with Crippen LogP contribution in [-0.4, -0.2) is 51.0 Å². The van der Waals surface area contributed by atoms with E-state index >= 15 is 0 Å². The van der Waals surface area contributed by atoms with Crippen LogP contribution in [0.4, 0.5) is 0 Å². The van der Waals surface area contributed by atoms with E-state index in [1.165, 1.54) is 32.1 Å². The van der Waals surface area contributed by atoms with E-state index in [1.807, 2.05) is 6.92 Å². The van der Waals surface area contributed by atoms with Crippen molar-refractivity contribution < 1.29 is 9.47 Å². The number of fused-ring (bicyclic) bond motifs is 2. The summed E-state index contributed by atoms with van der Waals surface area (Å²) in [5.74, 6) is 1.68. The van der Waals surface area contributed by atoms with E-state index in [4.69, 9.17) is 14.5 Å². The van der Waals surface area contributed by atoms with Crippen LogP contribution in [0, 0.1) is 11.3 Å². The van der Waals surface area contributed by atoms with Crippen molar-refractivity contribution in [1.82, 2.24) is 10.6 Å². The molecule has 1 heterocycles. The molecular weight excluding hydrogens is 302 g/mol. The average Bonchev–Trinajstić information content (AvgIpc) is 3.24. The van der Waals surface area contributed by atoms with E-state index in [-0.39, 0.29) is 0 Å². The summed E-state index contributed by atoms with van der Waals surface area (Å²) in [5, 5.41) is 7.23. The van der Waals surface area contributed by atoms with Gasteiger partial charge < -0.3 is 20.1 Å². The molecule has 1 aliphatic heterocycles. The van der Waals surface area contributed by atoms with Gasteiger partial charge in [-0.1, -0.05) is 12.8 Å². The highest BCUT2D eigenvalue weighted by atomic mass is 16.5. The number of ether oxygens (including phenoxy) is 2. The van der Waals surface area contributed by atoms with Crippen LogP contribution in [0.2, 0.25) is 0 Å². The first-order chi connectivity index (χ1) is 11.8. The van der Waals surface area contributed by atoms with Crippen LogP contribution < -0.4 is 10.6 Å². The number of rotatable bonds is 8. The molecule has 0 aromatic carbocycles. The summed E-state index contributed by atoms with van der Waals surface area (Å²) in [7, 11) is 0. The third-order valence-electron chi connectivity index (χ3n) is 6.09. The highest BCUT2D eigenvalue weighted by Gasteiger charge is 2.65. The van der Waals surface area contributed by atoms with Crippen LogP contribution in [0.15, 0.2) is 4.99 Å². The summed E-state index contributed by atoms with van der Waals surface area (Å²) in [5.41, 5.74) is 0.381. The summed E-state index contributed by atoms with van der Waals surface area (Å²) in [6.07, 6.45) is 9.24. The Labute approximate surface area is 147 Å². The minimum absolute atomic E-state index is 0.381. The van der Waals surface area contributed by atoms with Crippen molar-refractivity contribution in [1.29, 1.82) is 0 Å². The van der Waals surface area contributed by atoms with Gasteiger partial charge in [-0.05, 0) is 46.0 Å². The third-order valence-corrected chi connectivity index (χ3v) is 6.09. The van der Waals surface area contributed by atoms with Gasteiger partial charge in [-0.15, -0.1) is 0 Å². The third kappa shape index (κ3) is 3.57. The summed E-state index contributed by atoms with van der Waals surface area (Å²) in [4.78, 5) is 4.80.